The van der Waals surface area contributed by atoms with Gasteiger partial charge in [0.2, 0.25) is 0 Å². The molecule has 1 aliphatic heterocycles. The number of nitrogens with two attached hydrogens (primary N) is 1. The van der Waals surface area contributed by atoms with Crippen LogP contribution in [-0.2, 0) is 13.0 Å². The minimum atomic E-state index is 0.0807. The molecule has 2 N–H and O–H groups in total. The Hall–Kier alpha value is -2.36. The van der Waals surface area contributed by atoms with E-state index >= 15 is 0 Å². The maximum atomic E-state index is 12.6. The summed E-state index contributed by atoms with van der Waals surface area (Å²) in [4.78, 5) is 18.9. The molecule has 4 nitrogen and oxygen atoms in total. The van der Waals surface area contributed by atoms with Gasteiger partial charge >= 0.3 is 0 Å². The lowest BCUT2D eigenvalue weighted by molar-refractivity contribution is 0.0724. The van der Waals surface area contributed by atoms with E-state index < -0.39 is 0 Å². The monoisotopic (exact) mass is 281 g/mol. The highest BCUT2D eigenvalue weighted by Crippen LogP contribution is 2.23. The Labute approximate surface area is 124 Å². The molecule has 1 aromatic heterocycles. The summed E-state index contributed by atoms with van der Waals surface area (Å²) < 4.78 is 0. The summed E-state index contributed by atoms with van der Waals surface area (Å²) in [6.45, 7) is 5.16. The average Bonchev–Trinajstić information content (AvgIpc) is 2.50. The summed E-state index contributed by atoms with van der Waals surface area (Å²) in [5.41, 5.74) is 11.6. The normalized spacial score (nSPS) is 14.2. The van der Waals surface area contributed by atoms with Gasteiger partial charge in [-0.3, -0.25) is 9.78 Å². The van der Waals surface area contributed by atoms with Gasteiger partial charge in [-0.2, -0.15) is 0 Å². The molecular formula is C17H19N3O. The number of benzene rings is 1. The van der Waals surface area contributed by atoms with Crippen LogP contribution in [0.15, 0.2) is 30.5 Å². The van der Waals surface area contributed by atoms with Gasteiger partial charge in [0.1, 0.15) is 0 Å². The zero-order valence-electron chi connectivity index (χ0n) is 12.4. The molecule has 108 valence electrons. The topological polar surface area (TPSA) is 59.2 Å². The Morgan fingerprint density at radius 3 is 2.86 bits per heavy atom. The lowest BCUT2D eigenvalue weighted by Gasteiger charge is -2.29. The second-order valence-corrected chi connectivity index (χ2v) is 5.56. The predicted molar refractivity (Wildman–Crippen MR) is 83.0 cm³/mol. The molecule has 0 saturated carbocycles. The number of carbonyl (C=O) groups excluding carboxylic acids is 1. The second-order valence-electron chi connectivity index (χ2n) is 5.56. The van der Waals surface area contributed by atoms with E-state index in [-0.39, 0.29) is 5.91 Å². The maximum Gasteiger partial charge on any atom is 0.254 e. The number of anilines is 1. The van der Waals surface area contributed by atoms with Crippen molar-refractivity contribution in [1.29, 1.82) is 0 Å². The molecule has 1 aliphatic rings. The van der Waals surface area contributed by atoms with Gasteiger partial charge in [0.15, 0.2) is 0 Å². The van der Waals surface area contributed by atoms with Crippen molar-refractivity contribution in [3.8, 4) is 0 Å². The fourth-order valence-corrected chi connectivity index (χ4v) is 2.76. The van der Waals surface area contributed by atoms with Crippen molar-refractivity contribution in [2.75, 3.05) is 12.3 Å². The predicted octanol–water partition coefficient (Wildman–Crippen LogP) is 2.48. The zero-order valence-corrected chi connectivity index (χ0v) is 12.4. The molecule has 2 heterocycles. The Morgan fingerprint density at radius 1 is 1.29 bits per heavy atom. The number of nitrogens with zero attached hydrogens (tertiary/aromatic N) is 2. The van der Waals surface area contributed by atoms with E-state index in [1.807, 2.05) is 43.0 Å². The van der Waals surface area contributed by atoms with Crippen LogP contribution < -0.4 is 5.73 Å². The van der Waals surface area contributed by atoms with Crippen molar-refractivity contribution in [2.45, 2.75) is 26.8 Å². The second kappa shape index (κ2) is 5.20. The van der Waals surface area contributed by atoms with Gasteiger partial charge in [0, 0.05) is 24.0 Å². The molecule has 3 rings (SSSR count). The fraction of sp³-hybridized carbons (Fsp3) is 0.294. The number of rotatable bonds is 2. The first-order chi connectivity index (χ1) is 10.1. The number of fused-ring (bicyclic) bond motifs is 1. The highest BCUT2D eigenvalue weighted by atomic mass is 16.2. The van der Waals surface area contributed by atoms with Gasteiger partial charge in [-0.25, -0.2) is 0 Å². The Morgan fingerprint density at radius 2 is 2.05 bits per heavy atom. The summed E-state index contributed by atoms with van der Waals surface area (Å²) in [5, 5.41) is 0. The molecule has 0 saturated heterocycles. The number of aromatic nitrogens is 1. The van der Waals surface area contributed by atoms with Crippen LogP contribution in [0.2, 0.25) is 0 Å². The summed E-state index contributed by atoms with van der Waals surface area (Å²) in [5.74, 6) is 0.0807. The lowest BCUT2D eigenvalue weighted by atomic mass is 9.98. The van der Waals surface area contributed by atoms with Crippen molar-refractivity contribution in [3.05, 3.63) is 58.4 Å². The van der Waals surface area contributed by atoms with Crippen molar-refractivity contribution < 1.29 is 4.79 Å². The lowest BCUT2D eigenvalue weighted by Crippen LogP contribution is -2.37. The van der Waals surface area contributed by atoms with E-state index in [4.69, 9.17) is 5.73 Å². The number of hydrogen-bond donors (Lipinski definition) is 1. The number of aryl methyl sites for hydroxylation is 1. The van der Waals surface area contributed by atoms with Gasteiger partial charge < -0.3 is 10.6 Å². The summed E-state index contributed by atoms with van der Waals surface area (Å²) in [6.07, 6.45) is 2.67. The highest BCUT2D eigenvalue weighted by Gasteiger charge is 2.24. The number of hydrogen-bond acceptors (Lipinski definition) is 3. The number of amides is 1. The fourth-order valence-electron chi connectivity index (χ4n) is 2.76. The van der Waals surface area contributed by atoms with Crippen molar-refractivity contribution >= 4 is 11.6 Å². The number of carbonyl (C=O) groups is 1. The van der Waals surface area contributed by atoms with Crippen LogP contribution >= 0.6 is 0 Å². The quantitative estimate of drug-likeness (QED) is 0.920. The van der Waals surface area contributed by atoms with Crippen LogP contribution in [0.25, 0.3) is 0 Å². The molecule has 0 fully saturated rings. The van der Waals surface area contributed by atoms with Crippen LogP contribution in [0, 0.1) is 13.8 Å². The summed E-state index contributed by atoms with van der Waals surface area (Å²) in [6, 6.07) is 7.81. The first-order valence-corrected chi connectivity index (χ1v) is 7.15. The van der Waals surface area contributed by atoms with Crippen molar-refractivity contribution in [2.24, 2.45) is 0 Å². The third-order valence-corrected chi connectivity index (χ3v) is 4.20. The highest BCUT2D eigenvalue weighted by molar-refractivity contribution is 5.96. The SMILES string of the molecule is Cc1cnc(CN2CCc3ccccc3C2=O)c(C)c1N. The van der Waals surface area contributed by atoms with Crippen molar-refractivity contribution in [3.63, 3.8) is 0 Å². The first kappa shape index (κ1) is 13.6. The van der Waals surface area contributed by atoms with E-state index in [0.717, 1.165) is 46.6 Å². The minimum Gasteiger partial charge on any atom is -0.398 e. The molecule has 21 heavy (non-hydrogen) atoms. The van der Waals surface area contributed by atoms with Crippen LogP contribution in [0.1, 0.15) is 32.7 Å². The molecule has 1 amide bonds. The molecule has 2 aromatic rings. The Balaban J connectivity index is 1.87. The van der Waals surface area contributed by atoms with Crippen molar-refractivity contribution in [1.82, 2.24) is 9.88 Å². The standard InChI is InChI=1S/C17H19N3O/c1-11-9-19-15(12(2)16(11)18)10-20-8-7-13-5-3-4-6-14(13)17(20)21/h3-6,9H,7-8,10H2,1-2H3,(H2,18,19). The van der Waals surface area contributed by atoms with Gasteiger partial charge in [0.25, 0.3) is 5.91 Å². The van der Waals surface area contributed by atoms with Crippen LogP contribution in [0.4, 0.5) is 5.69 Å². The van der Waals surface area contributed by atoms with Gasteiger partial charge in [0.05, 0.1) is 12.2 Å². The molecule has 4 heteroatoms. The molecule has 0 atom stereocenters. The first-order valence-electron chi connectivity index (χ1n) is 7.15. The average molecular weight is 281 g/mol. The Bertz CT molecular complexity index is 709. The molecular weight excluding hydrogens is 262 g/mol. The van der Waals surface area contributed by atoms with E-state index in [1.165, 1.54) is 0 Å². The molecule has 0 aliphatic carbocycles. The smallest absolute Gasteiger partial charge is 0.254 e. The molecule has 0 bridgehead atoms. The largest absolute Gasteiger partial charge is 0.398 e. The maximum absolute atomic E-state index is 12.6. The molecule has 0 unspecified atom stereocenters. The van der Waals surface area contributed by atoms with E-state index in [1.54, 1.807) is 6.20 Å². The molecule has 1 aromatic carbocycles. The third kappa shape index (κ3) is 2.37. The molecule has 0 spiro atoms. The minimum absolute atomic E-state index is 0.0807. The molecule has 0 radical (unpaired) electrons. The van der Waals surface area contributed by atoms with Gasteiger partial charge in [-0.15, -0.1) is 0 Å². The van der Waals surface area contributed by atoms with Gasteiger partial charge in [-0.1, -0.05) is 18.2 Å². The zero-order chi connectivity index (χ0) is 15.0. The van der Waals surface area contributed by atoms with Crippen LogP contribution in [-0.4, -0.2) is 22.3 Å². The van der Waals surface area contributed by atoms with E-state index in [0.29, 0.717) is 6.54 Å². The van der Waals surface area contributed by atoms with E-state index in [2.05, 4.69) is 4.98 Å². The van der Waals surface area contributed by atoms with Crippen LogP contribution in [0.5, 0.6) is 0 Å². The third-order valence-electron chi connectivity index (χ3n) is 4.20. The van der Waals surface area contributed by atoms with Crippen LogP contribution in [0.3, 0.4) is 0 Å². The number of nitrogen functional groups attached to an aromatic ring is 1. The number of pyridine rings is 1. The Kier molecular flexibility index (Phi) is 3.37. The van der Waals surface area contributed by atoms with Gasteiger partial charge in [-0.05, 0) is 43.0 Å². The summed E-state index contributed by atoms with van der Waals surface area (Å²) >= 11 is 0. The summed E-state index contributed by atoms with van der Waals surface area (Å²) in [7, 11) is 0. The van der Waals surface area contributed by atoms with E-state index in [9.17, 15) is 4.79 Å².